The van der Waals surface area contributed by atoms with E-state index in [1.165, 1.54) is 0 Å². The van der Waals surface area contributed by atoms with E-state index in [4.69, 9.17) is 19.9 Å². The lowest BCUT2D eigenvalue weighted by atomic mass is 9.91. The van der Waals surface area contributed by atoms with E-state index in [-0.39, 0.29) is 6.04 Å². The Morgan fingerprint density at radius 3 is 2.00 bits per heavy atom. The number of methoxy groups -OCH3 is 3. The number of nitrogens with two attached hydrogens (primary N) is 1. The minimum atomic E-state index is -0.440. The summed E-state index contributed by atoms with van der Waals surface area (Å²) in [5, 5.41) is 9.22. The van der Waals surface area contributed by atoms with Gasteiger partial charge in [0.25, 0.3) is 0 Å². The Bertz CT molecular complexity index is 493. The molecule has 1 unspecified atom stereocenters. The molecular formula is C14H18N2O3. The van der Waals surface area contributed by atoms with Crippen LogP contribution in [0.2, 0.25) is 0 Å². The summed E-state index contributed by atoms with van der Waals surface area (Å²) < 4.78 is 15.9. The van der Waals surface area contributed by atoms with Gasteiger partial charge < -0.3 is 19.9 Å². The van der Waals surface area contributed by atoms with E-state index in [9.17, 15) is 5.26 Å². The van der Waals surface area contributed by atoms with Crippen molar-refractivity contribution < 1.29 is 14.2 Å². The van der Waals surface area contributed by atoms with Crippen molar-refractivity contribution in [3.05, 3.63) is 17.7 Å². The molecule has 0 aromatic heterocycles. The third kappa shape index (κ3) is 2.20. The smallest absolute Gasteiger partial charge is 0.203 e. The number of hydrogen-bond acceptors (Lipinski definition) is 5. The predicted molar refractivity (Wildman–Crippen MR) is 70.3 cm³/mol. The Balaban J connectivity index is 2.45. The van der Waals surface area contributed by atoms with Crippen molar-refractivity contribution in [2.45, 2.75) is 18.9 Å². The average molecular weight is 262 g/mol. The first kappa shape index (κ1) is 13.5. The Morgan fingerprint density at radius 2 is 1.68 bits per heavy atom. The highest BCUT2D eigenvalue weighted by molar-refractivity contribution is 5.55. The van der Waals surface area contributed by atoms with Gasteiger partial charge in [-0.3, -0.25) is 0 Å². The first-order valence-corrected chi connectivity index (χ1v) is 6.08. The minimum Gasteiger partial charge on any atom is -0.493 e. The standard InChI is InChI=1S/C14H18N2O3/c1-17-10-6-9(7-11(18-2)12(10)19-3)13(16)14(8-15)4-5-14/h6-7,13H,4-5,16H2,1-3H3. The van der Waals surface area contributed by atoms with E-state index in [0.717, 1.165) is 18.4 Å². The molecule has 2 rings (SSSR count). The number of nitrogens with zero attached hydrogens (tertiary/aromatic N) is 1. The zero-order valence-electron chi connectivity index (χ0n) is 11.4. The fourth-order valence-electron chi connectivity index (χ4n) is 2.23. The van der Waals surface area contributed by atoms with Crippen LogP contribution in [-0.2, 0) is 0 Å². The molecule has 5 heteroatoms. The molecule has 1 saturated carbocycles. The maximum atomic E-state index is 9.22. The molecule has 0 radical (unpaired) electrons. The van der Waals surface area contributed by atoms with Gasteiger partial charge in [0, 0.05) is 6.04 Å². The van der Waals surface area contributed by atoms with E-state index in [1.54, 1.807) is 21.3 Å². The molecule has 19 heavy (non-hydrogen) atoms. The molecule has 1 aliphatic rings. The SMILES string of the molecule is COc1cc(C(N)C2(C#N)CC2)cc(OC)c1OC. The first-order valence-electron chi connectivity index (χ1n) is 6.08. The number of benzene rings is 1. The van der Waals surface area contributed by atoms with E-state index in [2.05, 4.69) is 6.07 Å². The lowest BCUT2D eigenvalue weighted by molar-refractivity contribution is 0.322. The van der Waals surface area contributed by atoms with Gasteiger partial charge in [0.1, 0.15) is 0 Å². The van der Waals surface area contributed by atoms with Crippen LogP contribution in [-0.4, -0.2) is 21.3 Å². The Labute approximate surface area is 112 Å². The molecule has 1 aromatic rings. The molecule has 0 aliphatic heterocycles. The van der Waals surface area contributed by atoms with Gasteiger partial charge in [-0.15, -0.1) is 0 Å². The predicted octanol–water partition coefficient (Wildman–Crippen LogP) is 2.02. The van der Waals surface area contributed by atoms with Crippen LogP contribution in [0.4, 0.5) is 0 Å². The summed E-state index contributed by atoms with van der Waals surface area (Å²) in [4.78, 5) is 0. The summed E-state index contributed by atoms with van der Waals surface area (Å²) in [6.07, 6.45) is 1.67. The van der Waals surface area contributed by atoms with E-state index < -0.39 is 5.41 Å². The molecular weight excluding hydrogens is 244 g/mol. The van der Waals surface area contributed by atoms with Crippen LogP contribution in [0.5, 0.6) is 17.2 Å². The van der Waals surface area contributed by atoms with Crippen LogP contribution >= 0.6 is 0 Å². The lowest BCUT2D eigenvalue weighted by Crippen LogP contribution is -2.21. The zero-order valence-corrected chi connectivity index (χ0v) is 11.4. The maximum Gasteiger partial charge on any atom is 0.203 e. The van der Waals surface area contributed by atoms with Gasteiger partial charge in [-0.1, -0.05) is 0 Å². The summed E-state index contributed by atoms with van der Waals surface area (Å²) in [5.41, 5.74) is 6.60. The Hall–Kier alpha value is -1.93. The molecule has 0 bridgehead atoms. The zero-order chi connectivity index (χ0) is 14.0. The van der Waals surface area contributed by atoms with Crippen molar-refractivity contribution in [3.63, 3.8) is 0 Å². The molecule has 1 aliphatic carbocycles. The normalized spacial score (nSPS) is 17.2. The van der Waals surface area contributed by atoms with Gasteiger partial charge in [0.2, 0.25) is 5.75 Å². The molecule has 1 atom stereocenters. The van der Waals surface area contributed by atoms with Crippen molar-refractivity contribution in [1.29, 1.82) is 5.26 Å². The molecule has 0 saturated heterocycles. The molecule has 0 heterocycles. The van der Waals surface area contributed by atoms with Crippen LogP contribution in [0, 0.1) is 16.7 Å². The third-order valence-electron chi connectivity index (χ3n) is 3.65. The van der Waals surface area contributed by atoms with Gasteiger partial charge in [-0.25, -0.2) is 0 Å². The van der Waals surface area contributed by atoms with E-state index in [0.29, 0.717) is 17.2 Å². The number of ether oxygens (including phenoxy) is 3. The molecule has 1 aromatic carbocycles. The van der Waals surface area contributed by atoms with Gasteiger partial charge >= 0.3 is 0 Å². The van der Waals surface area contributed by atoms with Crippen LogP contribution in [0.25, 0.3) is 0 Å². The van der Waals surface area contributed by atoms with Crippen molar-refractivity contribution in [2.24, 2.45) is 11.1 Å². The average Bonchev–Trinajstić information content (AvgIpc) is 3.25. The van der Waals surface area contributed by atoms with Crippen molar-refractivity contribution in [3.8, 4) is 23.3 Å². The van der Waals surface area contributed by atoms with Crippen molar-refractivity contribution >= 4 is 0 Å². The molecule has 1 fully saturated rings. The molecule has 0 spiro atoms. The molecule has 102 valence electrons. The summed E-state index contributed by atoms with van der Waals surface area (Å²) in [6.45, 7) is 0. The second kappa shape index (κ2) is 4.98. The summed E-state index contributed by atoms with van der Waals surface area (Å²) in [5.74, 6) is 1.64. The van der Waals surface area contributed by atoms with E-state index in [1.807, 2.05) is 12.1 Å². The second-order valence-corrected chi connectivity index (χ2v) is 4.70. The van der Waals surface area contributed by atoms with Crippen LogP contribution in [0.15, 0.2) is 12.1 Å². The quantitative estimate of drug-likeness (QED) is 0.878. The van der Waals surface area contributed by atoms with Crippen LogP contribution in [0.1, 0.15) is 24.4 Å². The number of nitriles is 1. The van der Waals surface area contributed by atoms with Crippen molar-refractivity contribution in [2.75, 3.05) is 21.3 Å². The Kier molecular flexibility index (Phi) is 3.54. The van der Waals surface area contributed by atoms with Gasteiger partial charge in [0.15, 0.2) is 11.5 Å². The highest BCUT2D eigenvalue weighted by Gasteiger charge is 2.49. The second-order valence-electron chi connectivity index (χ2n) is 4.70. The fraction of sp³-hybridized carbons (Fsp3) is 0.500. The lowest BCUT2D eigenvalue weighted by Gasteiger charge is -2.20. The van der Waals surface area contributed by atoms with Crippen LogP contribution < -0.4 is 19.9 Å². The summed E-state index contributed by atoms with van der Waals surface area (Å²) in [6, 6.07) is 5.59. The highest BCUT2D eigenvalue weighted by Crippen LogP contribution is 2.54. The third-order valence-corrected chi connectivity index (χ3v) is 3.65. The maximum absolute atomic E-state index is 9.22. The summed E-state index contributed by atoms with van der Waals surface area (Å²) >= 11 is 0. The van der Waals surface area contributed by atoms with Gasteiger partial charge in [0.05, 0.1) is 32.8 Å². The van der Waals surface area contributed by atoms with Gasteiger partial charge in [-0.2, -0.15) is 5.26 Å². The van der Waals surface area contributed by atoms with Crippen molar-refractivity contribution in [1.82, 2.24) is 0 Å². The molecule has 2 N–H and O–H groups in total. The highest BCUT2D eigenvalue weighted by atomic mass is 16.5. The number of rotatable bonds is 5. The monoisotopic (exact) mass is 262 g/mol. The number of hydrogen-bond donors (Lipinski definition) is 1. The molecule has 0 amide bonds. The first-order chi connectivity index (χ1) is 9.11. The largest absolute Gasteiger partial charge is 0.493 e. The Morgan fingerprint density at radius 1 is 1.16 bits per heavy atom. The van der Waals surface area contributed by atoms with Crippen LogP contribution in [0.3, 0.4) is 0 Å². The van der Waals surface area contributed by atoms with Gasteiger partial charge in [-0.05, 0) is 30.5 Å². The molecule has 5 nitrogen and oxygen atoms in total. The van der Waals surface area contributed by atoms with E-state index >= 15 is 0 Å². The minimum absolute atomic E-state index is 0.341. The topological polar surface area (TPSA) is 77.5 Å². The fourth-order valence-corrected chi connectivity index (χ4v) is 2.23. The summed E-state index contributed by atoms with van der Waals surface area (Å²) in [7, 11) is 4.67.